The van der Waals surface area contributed by atoms with Crippen LogP contribution in [-0.2, 0) is 24.2 Å². The summed E-state index contributed by atoms with van der Waals surface area (Å²) in [4.78, 5) is 11.8. The van der Waals surface area contributed by atoms with Gasteiger partial charge in [0.05, 0.1) is 12.7 Å². The van der Waals surface area contributed by atoms with Crippen molar-refractivity contribution in [3.63, 3.8) is 0 Å². The Morgan fingerprint density at radius 2 is 2.53 bits per heavy atom. The first kappa shape index (κ1) is 11.8. The van der Waals surface area contributed by atoms with Gasteiger partial charge in [0, 0.05) is 24.6 Å². The maximum atomic E-state index is 11.8. The molecule has 2 heterocycles. The van der Waals surface area contributed by atoms with Crippen LogP contribution < -0.4 is 5.32 Å². The number of tetrazole rings is 1. The molecule has 1 atom stereocenters. The summed E-state index contributed by atoms with van der Waals surface area (Å²) in [6.45, 7) is 0.501. The SMILES string of the molecule is O=C(CCn1cnnn1)NC1CCc2cn[nH]c2C1. The summed E-state index contributed by atoms with van der Waals surface area (Å²) in [7, 11) is 0. The van der Waals surface area contributed by atoms with E-state index in [0.717, 1.165) is 25.0 Å². The van der Waals surface area contributed by atoms with Gasteiger partial charge in [-0.1, -0.05) is 0 Å². The Balaban J connectivity index is 1.48. The molecule has 0 saturated heterocycles. The van der Waals surface area contributed by atoms with E-state index in [1.807, 2.05) is 6.20 Å². The summed E-state index contributed by atoms with van der Waals surface area (Å²) in [5, 5.41) is 20.8. The Hall–Kier alpha value is -2.25. The van der Waals surface area contributed by atoms with E-state index in [0.29, 0.717) is 13.0 Å². The smallest absolute Gasteiger partial charge is 0.222 e. The molecule has 2 aromatic heterocycles. The molecule has 0 fully saturated rings. The predicted molar refractivity (Wildman–Crippen MR) is 65.0 cm³/mol. The molecule has 0 radical (unpaired) electrons. The molecular formula is C11H15N7O. The molecule has 0 spiro atoms. The molecule has 0 aromatic carbocycles. The molecule has 1 amide bonds. The molecule has 0 aliphatic heterocycles. The van der Waals surface area contributed by atoms with Crippen molar-refractivity contribution in [2.24, 2.45) is 0 Å². The second-order valence-corrected chi connectivity index (χ2v) is 4.70. The Bertz CT molecular complexity index is 547. The highest BCUT2D eigenvalue weighted by molar-refractivity contribution is 5.76. The highest BCUT2D eigenvalue weighted by Gasteiger charge is 2.21. The molecule has 8 nitrogen and oxygen atoms in total. The summed E-state index contributed by atoms with van der Waals surface area (Å²) in [6, 6.07) is 0.189. The third-order valence-corrected chi connectivity index (χ3v) is 3.34. The van der Waals surface area contributed by atoms with Gasteiger partial charge in [-0.2, -0.15) is 5.10 Å². The van der Waals surface area contributed by atoms with Crippen molar-refractivity contribution < 1.29 is 4.79 Å². The van der Waals surface area contributed by atoms with Crippen molar-refractivity contribution in [2.45, 2.75) is 38.3 Å². The second kappa shape index (κ2) is 5.17. The minimum Gasteiger partial charge on any atom is -0.353 e. The summed E-state index contributed by atoms with van der Waals surface area (Å²) in [5.41, 5.74) is 2.40. The Morgan fingerprint density at radius 1 is 1.58 bits per heavy atom. The van der Waals surface area contributed by atoms with E-state index in [-0.39, 0.29) is 11.9 Å². The quantitative estimate of drug-likeness (QED) is 0.769. The monoisotopic (exact) mass is 261 g/mol. The Kier molecular flexibility index (Phi) is 3.21. The highest BCUT2D eigenvalue weighted by Crippen LogP contribution is 2.18. The largest absolute Gasteiger partial charge is 0.353 e. The number of hydrogen-bond acceptors (Lipinski definition) is 5. The van der Waals surface area contributed by atoms with Crippen molar-refractivity contribution in [1.29, 1.82) is 0 Å². The van der Waals surface area contributed by atoms with Gasteiger partial charge in [-0.15, -0.1) is 5.10 Å². The lowest BCUT2D eigenvalue weighted by molar-refractivity contribution is -0.122. The van der Waals surface area contributed by atoms with Crippen LogP contribution in [0.3, 0.4) is 0 Å². The van der Waals surface area contributed by atoms with E-state index >= 15 is 0 Å². The van der Waals surface area contributed by atoms with Crippen LogP contribution in [0.25, 0.3) is 0 Å². The van der Waals surface area contributed by atoms with Gasteiger partial charge in [-0.25, -0.2) is 4.68 Å². The Labute approximate surface area is 109 Å². The average Bonchev–Trinajstić information content (AvgIpc) is 3.07. The molecule has 3 rings (SSSR count). The predicted octanol–water partition coefficient (Wildman–Crippen LogP) is -0.540. The summed E-state index contributed by atoms with van der Waals surface area (Å²) >= 11 is 0. The number of aryl methyl sites for hydroxylation is 2. The highest BCUT2D eigenvalue weighted by atomic mass is 16.1. The topological polar surface area (TPSA) is 101 Å². The second-order valence-electron chi connectivity index (χ2n) is 4.70. The van der Waals surface area contributed by atoms with Crippen LogP contribution in [0.15, 0.2) is 12.5 Å². The standard InChI is InChI=1S/C11H15N7O/c19-11(3-4-18-7-13-16-17-18)14-9-2-1-8-6-12-15-10(8)5-9/h6-7,9H,1-5H2,(H,12,15)(H,14,19). The number of nitrogens with one attached hydrogen (secondary N) is 2. The lowest BCUT2D eigenvalue weighted by atomic mass is 9.94. The van der Waals surface area contributed by atoms with Crippen LogP contribution in [-0.4, -0.2) is 42.4 Å². The minimum absolute atomic E-state index is 0.0310. The van der Waals surface area contributed by atoms with Crippen molar-refractivity contribution in [3.05, 3.63) is 23.8 Å². The van der Waals surface area contributed by atoms with Gasteiger partial charge in [0.2, 0.25) is 5.91 Å². The molecular weight excluding hydrogens is 246 g/mol. The first-order valence-electron chi connectivity index (χ1n) is 6.32. The molecule has 0 bridgehead atoms. The van der Waals surface area contributed by atoms with Crippen molar-refractivity contribution in [3.8, 4) is 0 Å². The maximum Gasteiger partial charge on any atom is 0.222 e. The van der Waals surface area contributed by atoms with Crippen LogP contribution in [0, 0.1) is 0 Å². The van der Waals surface area contributed by atoms with E-state index in [1.54, 1.807) is 4.68 Å². The van der Waals surface area contributed by atoms with Crippen LogP contribution >= 0.6 is 0 Å². The zero-order valence-corrected chi connectivity index (χ0v) is 10.4. The number of rotatable bonds is 4. The first-order chi connectivity index (χ1) is 9.31. The van der Waals surface area contributed by atoms with E-state index < -0.39 is 0 Å². The summed E-state index contributed by atoms with van der Waals surface area (Å²) in [5.74, 6) is 0.0310. The lowest BCUT2D eigenvalue weighted by Gasteiger charge is -2.22. The van der Waals surface area contributed by atoms with Gasteiger partial charge in [0.15, 0.2) is 0 Å². The number of amides is 1. The minimum atomic E-state index is 0.0310. The number of H-pyrrole nitrogens is 1. The van der Waals surface area contributed by atoms with E-state index in [9.17, 15) is 4.79 Å². The van der Waals surface area contributed by atoms with Crippen LogP contribution in [0.2, 0.25) is 0 Å². The molecule has 1 unspecified atom stereocenters. The molecule has 0 saturated carbocycles. The number of fused-ring (bicyclic) bond motifs is 1. The van der Waals surface area contributed by atoms with E-state index in [1.165, 1.54) is 11.9 Å². The van der Waals surface area contributed by atoms with Crippen molar-refractivity contribution in [2.75, 3.05) is 0 Å². The van der Waals surface area contributed by atoms with E-state index in [4.69, 9.17) is 0 Å². The third kappa shape index (κ3) is 2.78. The first-order valence-corrected chi connectivity index (χ1v) is 6.32. The van der Waals surface area contributed by atoms with Crippen LogP contribution in [0.4, 0.5) is 0 Å². The lowest BCUT2D eigenvalue weighted by Crippen LogP contribution is -2.39. The van der Waals surface area contributed by atoms with Crippen LogP contribution in [0.1, 0.15) is 24.1 Å². The zero-order valence-electron chi connectivity index (χ0n) is 10.4. The molecule has 19 heavy (non-hydrogen) atoms. The van der Waals surface area contributed by atoms with Gasteiger partial charge >= 0.3 is 0 Å². The van der Waals surface area contributed by atoms with Crippen molar-refractivity contribution >= 4 is 5.91 Å². The number of carbonyl (C=O) groups is 1. The van der Waals surface area contributed by atoms with E-state index in [2.05, 4.69) is 31.0 Å². The maximum absolute atomic E-state index is 11.8. The Morgan fingerprint density at radius 3 is 3.37 bits per heavy atom. The van der Waals surface area contributed by atoms with Gasteiger partial charge in [0.25, 0.3) is 0 Å². The number of carbonyl (C=O) groups excluding carboxylic acids is 1. The molecule has 2 N–H and O–H groups in total. The molecule has 100 valence electrons. The van der Waals surface area contributed by atoms with Gasteiger partial charge in [-0.05, 0) is 28.8 Å². The van der Waals surface area contributed by atoms with Crippen molar-refractivity contribution in [1.82, 2.24) is 35.7 Å². The number of aromatic nitrogens is 6. The summed E-state index contributed by atoms with van der Waals surface area (Å²) < 4.78 is 1.55. The number of aromatic amines is 1. The van der Waals surface area contributed by atoms with Gasteiger partial charge in [0.1, 0.15) is 6.33 Å². The molecule has 1 aliphatic carbocycles. The average molecular weight is 261 g/mol. The fourth-order valence-electron chi connectivity index (χ4n) is 2.33. The number of nitrogens with zero attached hydrogens (tertiary/aromatic N) is 5. The normalized spacial score (nSPS) is 18.0. The zero-order chi connectivity index (χ0) is 13.1. The third-order valence-electron chi connectivity index (χ3n) is 3.34. The van der Waals surface area contributed by atoms with Crippen LogP contribution in [0.5, 0.6) is 0 Å². The fraction of sp³-hybridized carbons (Fsp3) is 0.545. The molecule has 2 aromatic rings. The number of hydrogen-bond donors (Lipinski definition) is 2. The summed E-state index contributed by atoms with van der Waals surface area (Å²) in [6.07, 6.45) is 6.51. The van der Waals surface area contributed by atoms with Gasteiger partial charge < -0.3 is 5.32 Å². The molecule has 8 heteroatoms. The fourth-order valence-corrected chi connectivity index (χ4v) is 2.33. The van der Waals surface area contributed by atoms with Gasteiger partial charge in [-0.3, -0.25) is 9.89 Å². The molecule has 1 aliphatic rings.